The minimum atomic E-state index is -0.460. The summed E-state index contributed by atoms with van der Waals surface area (Å²) >= 11 is 7.29. The minimum absolute atomic E-state index is 0.0235. The van der Waals surface area contributed by atoms with E-state index in [1.165, 1.54) is 23.2 Å². The van der Waals surface area contributed by atoms with Gasteiger partial charge in [0.2, 0.25) is 5.91 Å². The van der Waals surface area contributed by atoms with Gasteiger partial charge in [0.1, 0.15) is 12.3 Å². The summed E-state index contributed by atoms with van der Waals surface area (Å²) < 4.78 is 5.20. The Bertz CT molecular complexity index is 892. The van der Waals surface area contributed by atoms with Crippen LogP contribution in [0, 0.1) is 0 Å². The van der Waals surface area contributed by atoms with E-state index >= 15 is 0 Å². The second-order valence-electron chi connectivity index (χ2n) is 5.12. The average Bonchev–Trinajstić information content (AvgIpc) is 3.25. The van der Waals surface area contributed by atoms with Crippen molar-refractivity contribution in [3.8, 4) is 0 Å². The Morgan fingerprint density at radius 2 is 2.16 bits per heavy atom. The molecule has 1 aromatic carbocycles. The van der Waals surface area contributed by atoms with E-state index < -0.39 is 5.97 Å². The van der Waals surface area contributed by atoms with E-state index in [0.29, 0.717) is 27.2 Å². The topological polar surface area (TPSA) is 75.3 Å². The number of nitrogens with zero attached hydrogens (tertiary/aromatic N) is 2. The second kappa shape index (κ2) is 7.50. The SMILES string of the molecule is CC(=O)N(c1cccc(Cl)c1)c1nc(COC(=O)c2ccc[nH]2)cs1. The lowest BCUT2D eigenvalue weighted by Gasteiger charge is -2.18. The van der Waals surface area contributed by atoms with Crippen LogP contribution in [0.5, 0.6) is 0 Å². The molecule has 0 unspecified atom stereocenters. The monoisotopic (exact) mass is 375 g/mol. The van der Waals surface area contributed by atoms with Gasteiger partial charge < -0.3 is 9.72 Å². The number of esters is 1. The van der Waals surface area contributed by atoms with Crippen LogP contribution in [-0.2, 0) is 16.1 Å². The van der Waals surface area contributed by atoms with Crippen LogP contribution in [-0.4, -0.2) is 21.8 Å². The average molecular weight is 376 g/mol. The van der Waals surface area contributed by atoms with Gasteiger partial charge in [0.25, 0.3) is 0 Å². The zero-order valence-corrected chi connectivity index (χ0v) is 14.8. The molecule has 0 radical (unpaired) electrons. The second-order valence-corrected chi connectivity index (χ2v) is 6.39. The van der Waals surface area contributed by atoms with Crippen molar-refractivity contribution in [3.63, 3.8) is 0 Å². The summed E-state index contributed by atoms with van der Waals surface area (Å²) in [4.78, 5) is 32.5. The van der Waals surface area contributed by atoms with Gasteiger partial charge >= 0.3 is 5.97 Å². The van der Waals surface area contributed by atoms with Gasteiger partial charge in [-0.25, -0.2) is 9.78 Å². The highest BCUT2D eigenvalue weighted by molar-refractivity contribution is 7.14. The Kier molecular flexibility index (Phi) is 5.16. The van der Waals surface area contributed by atoms with E-state index in [-0.39, 0.29) is 12.5 Å². The Morgan fingerprint density at radius 3 is 2.84 bits per heavy atom. The number of aromatic amines is 1. The van der Waals surface area contributed by atoms with Crippen molar-refractivity contribution in [3.05, 3.63) is 64.4 Å². The number of amides is 1. The van der Waals surface area contributed by atoms with E-state index in [0.717, 1.165) is 0 Å². The molecule has 0 saturated heterocycles. The van der Waals surface area contributed by atoms with Gasteiger partial charge in [0, 0.05) is 23.5 Å². The Balaban J connectivity index is 1.74. The predicted octanol–water partition coefficient (Wildman–Crippen LogP) is 4.17. The summed E-state index contributed by atoms with van der Waals surface area (Å²) in [5.74, 6) is -0.649. The van der Waals surface area contributed by atoms with Crippen LogP contribution >= 0.6 is 22.9 Å². The fraction of sp³-hybridized carbons (Fsp3) is 0.118. The van der Waals surface area contributed by atoms with E-state index in [1.807, 2.05) is 0 Å². The number of carbonyl (C=O) groups excluding carboxylic acids is 2. The third-order valence-corrected chi connectivity index (χ3v) is 4.39. The molecule has 3 aromatic rings. The highest BCUT2D eigenvalue weighted by Crippen LogP contribution is 2.30. The van der Waals surface area contributed by atoms with Crippen molar-refractivity contribution in [1.29, 1.82) is 0 Å². The zero-order valence-electron chi connectivity index (χ0n) is 13.2. The molecule has 0 aliphatic heterocycles. The summed E-state index contributed by atoms with van der Waals surface area (Å²) in [6, 6.07) is 10.3. The number of benzene rings is 1. The van der Waals surface area contributed by atoms with Crippen LogP contribution < -0.4 is 4.90 Å². The van der Waals surface area contributed by atoms with Crippen molar-refractivity contribution >= 4 is 45.6 Å². The number of hydrogen-bond acceptors (Lipinski definition) is 5. The van der Waals surface area contributed by atoms with Crippen molar-refractivity contribution in [2.75, 3.05) is 4.90 Å². The van der Waals surface area contributed by atoms with Crippen molar-refractivity contribution in [1.82, 2.24) is 9.97 Å². The van der Waals surface area contributed by atoms with Crippen LogP contribution in [0.2, 0.25) is 5.02 Å². The molecule has 2 heterocycles. The molecular formula is C17H14ClN3O3S. The number of thiazole rings is 1. The van der Waals surface area contributed by atoms with Crippen LogP contribution in [0.1, 0.15) is 23.1 Å². The maximum absolute atomic E-state index is 12.0. The number of H-pyrrole nitrogens is 1. The summed E-state index contributed by atoms with van der Waals surface area (Å²) in [6.45, 7) is 1.48. The van der Waals surface area contributed by atoms with Gasteiger partial charge in [-0.15, -0.1) is 11.3 Å². The van der Waals surface area contributed by atoms with Gasteiger partial charge in [0.15, 0.2) is 5.13 Å². The van der Waals surface area contributed by atoms with Crippen LogP contribution in [0.4, 0.5) is 10.8 Å². The molecule has 0 aliphatic carbocycles. The lowest BCUT2D eigenvalue weighted by Crippen LogP contribution is -2.22. The molecule has 6 nitrogen and oxygen atoms in total. The van der Waals surface area contributed by atoms with Gasteiger partial charge in [0.05, 0.1) is 11.4 Å². The van der Waals surface area contributed by atoms with E-state index in [9.17, 15) is 9.59 Å². The highest BCUT2D eigenvalue weighted by atomic mass is 35.5. The van der Waals surface area contributed by atoms with Crippen LogP contribution in [0.3, 0.4) is 0 Å². The molecule has 0 aliphatic rings. The first-order valence-corrected chi connectivity index (χ1v) is 8.61. The number of aromatic nitrogens is 2. The minimum Gasteiger partial charge on any atom is -0.454 e. The Morgan fingerprint density at radius 1 is 1.32 bits per heavy atom. The smallest absolute Gasteiger partial charge is 0.355 e. The number of nitrogens with one attached hydrogen (secondary N) is 1. The van der Waals surface area contributed by atoms with Gasteiger partial charge in [-0.3, -0.25) is 9.69 Å². The van der Waals surface area contributed by atoms with Gasteiger partial charge in [-0.2, -0.15) is 0 Å². The molecule has 1 N–H and O–H groups in total. The molecule has 0 fully saturated rings. The number of halogens is 1. The molecule has 0 atom stereocenters. The summed E-state index contributed by atoms with van der Waals surface area (Å²) in [5.41, 5.74) is 1.57. The van der Waals surface area contributed by atoms with Crippen molar-refractivity contribution in [2.45, 2.75) is 13.5 Å². The lowest BCUT2D eigenvalue weighted by molar-refractivity contribution is -0.115. The number of carbonyl (C=O) groups is 2. The van der Waals surface area contributed by atoms with Crippen LogP contribution in [0.15, 0.2) is 48.0 Å². The predicted molar refractivity (Wildman–Crippen MR) is 96.3 cm³/mol. The summed E-state index contributed by atoms with van der Waals surface area (Å²) in [7, 11) is 0. The molecule has 0 bridgehead atoms. The highest BCUT2D eigenvalue weighted by Gasteiger charge is 2.19. The molecule has 2 aromatic heterocycles. The molecular weight excluding hydrogens is 362 g/mol. The standard InChI is InChI=1S/C17H14ClN3O3S/c1-11(22)21(14-5-2-4-12(18)8-14)17-20-13(10-25-17)9-24-16(23)15-6-3-7-19-15/h2-8,10,19H,9H2,1H3. The maximum atomic E-state index is 12.0. The molecule has 0 spiro atoms. The van der Waals surface area contributed by atoms with Gasteiger partial charge in [-0.1, -0.05) is 17.7 Å². The number of rotatable bonds is 5. The largest absolute Gasteiger partial charge is 0.454 e. The third-order valence-electron chi connectivity index (χ3n) is 3.28. The molecule has 1 amide bonds. The van der Waals surface area contributed by atoms with Crippen molar-refractivity contribution < 1.29 is 14.3 Å². The van der Waals surface area contributed by atoms with E-state index in [1.54, 1.807) is 48.0 Å². The first-order valence-electron chi connectivity index (χ1n) is 7.36. The zero-order chi connectivity index (χ0) is 17.8. The van der Waals surface area contributed by atoms with E-state index in [2.05, 4.69) is 9.97 Å². The normalized spacial score (nSPS) is 10.5. The first kappa shape index (κ1) is 17.2. The van der Waals surface area contributed by atoms with E-state index in [4.69, 9.17) is 16.3 Å². The molecule has 8 heteroatoms. The molecule has 3 rings (SSSR count). The van der Waals surface area contributed by atoms with Crippen LogP contribution in [0.25, 0.3) is 0 Å². The first-order chi connectivity index (χ1) is 12.0. The summed E-state index contributed by atoms with van der Waals surface area (Å²) in [6.07, 6.45) is 1.65. The number of anilines is 2. The molecule has 128 valence electrons. The fourth-order valence-corrected chi connectivity index (χ4v) is 3.24. The Hall–Kier alpha value is -2.64. The third kappa shape index (κ3) is 4.07. The fourth-order valence-electron chi connectivity index (χ4n) is 2.18. The number of hydrogen-bond donors (Lipinski definition) is 1. The number of ether oxygens (including phenoxy) is 1. The Labute approximate surface area is 153 Å². The quantitative estimate of drug-likeness (QED) is 0.679. The summed E-state index contributed by atoms with van der Waals surface area (Å²) in [5, 5.41) is 2.76. The van der Waals surface area contributed by atoms with Crippen molar-refractivity contribution in [2.24, 2.45) is 0 Å². The maximum Gasteiger partial charge on any atom is 0.355 e. The van der Waals surface area contributed by atoms with Gasteiger partial charge in [-0.05, 0) is 30.3 Å². The lowest BCUT2D eigenvalue weighted by atomic mass is 10.3. The molecule has 0 saturated carbocycles. The molecule has 25 heavy (non-hydrogen) atoms.